The molecule has 1 fully saturated rings. The van der Waals surface area contributed by atoms with Crippen molar-refractivity contribution >= 4 is 5.95 Å². The summed E-state index contributed by atoms with van der Waals surface area (Å²) in [6.45, 7) is 5.48. The van der Waals surface area contributed by atoms with E-state index in [1.807, 2.05) is 19.4 Å². The van der Waals surface area contributed by atoms with Crippen molar-refractivity contribution < 1.29 is 4.74 Å². The summed E-state index contributed by atoms with van der Waals surface area (Å²) >= 11 is 0. The topological polar surface area (TPSA) is 50.3 Å². The van der Waals surface area contributed by atoms with Gasteiger partial charge in [-0.25, -0.2) is 9.97 Å². The second kappa shape index (κ2) is 5.93. The van der Waals surface area contributed by atoms with Gasteiger partial charge >= 0.3 is 0 Å². The first kappa shape index (κ1) is 12.3. The second-order valence-corrected chi connectivity index (χ2v) is 4.27. The van der Waals surface area contributed by atoms with Crippen LogP contribution in [0.15, 0.2) is 12.4 Å². The van der Waals surface area contributed by atoms with Gasteiger partial charge in [0.05, 0.1) is 12.7 Å². The van der Waals surface area contributed by atoms with Gasteiger partial charge in [0.2, 0.25) is 5.95 Å². The monoisotopic (exact) mass is 236 g/mol. The van der Waals surface area contributed by atoms with Gasteiger partial charge < -0.3 is 15.0 Å². The first-order valence-corrected chi connectivity index (χ1v) is 6.15. The Kier molecular flexibility index (Phi) is 4.28. The zero-order valence-electron chi connectivity index (χ0n) is 10.5. The Morgan fingerprint density at radius 1 is 1.47 bits per heavy atom. The molecule has 0 bridgehead atoms. The maximum Gasteiger partial charge on any atom is 0.225 e. The molecule has 2 heterocycles. The number of hydrogen-bond donors (Lipinski definition) is 1. The third kappa shape index (κ3) is 3.14. The van der Waals surface area contributed by atoms with Crippen molar-refractivity contribution in [2.24, 2.45) is 0 Å². The molecule has 1 atom stereocenters. The highest BCUT2D eigenvalue weighted by molar-refractivity contribution is 5.30. The van der Waals surface area contributed by atoms with Gasteiger partial charge in [-0.15, -0.1) is 0 Å². The van der Waals surface area contributed by atoms with E-state index in [4.69, 9.17) is 4.74 Å². The second-order valence-electron chi connectivity index (χ2n) is 4.27. The molecular formula is C12H20N4O. The fraction of sp³-hybridized carbons (Fsp3) is 0.667. The molecule has 1 saturated heterocycles. The summed E-state index contributed by atoms with van der Waals surface area (Å²) in [5.74, 6) is 0.812. The summed E-state index contributed by atoms with van der Waals surface area (Å²) in [6.07, 6.45) is 5.11. The lowest BCUT2D eigenvalue weighted by Crippen LogP contribution is -2.43. The van der Waals surface area contributed by atoms with Gasteiger partial charge in [-0.2, -0.15) is 0 Å². The molecule has 1 aliphatic heterocycles. The quantitative estimate of drug-likeness (QED) is 0.838. The Morgan fingerprint density at radius 2 is 2.24 bits per heavy atom. The molecule has 0 spiro atoms. The van der Waals surface area contributed by atoms with Gasteiger partial charge in [0.1, 0.15) is 0 Å². The maximum absolute atomic E-state index is 5.63. The maximum atomic E-state index is 5.63. The van der Waals surface area contributed by atoms with Gasteiger partial charge in [0, 0.05) is 37.6 Å². The van der Waals surface area contributed by atoms with Crippen LogP contribution in [-0.2, 0) is 11.3 Å². The number of nitrogens with zero attached hydrogens (tertiary/aromatic N) is 3. The molecule has 1 unspecified atom stereocenters. The molecule has 94 valence electrons. The summed E-state index contributed by atoms with van der Waals surface area (Å²) in [5, 5.41) is 3.09. The lowest BCUT2D eigenvalue weighted by molar-refractivity contribution is 0.0379. The fourth-order valence-electron chi connectivity index (χ4n) is 1.95. The summed E-state index contributed by atoms with van der Waals surface area (Å²) in [4.78, 5) is 11.0. The van der Waals surface area contributed by atoms with E-state index in [1.54, 1.807) is 0 Å². The highest BCUT2D eigenvalue weighted by atomic mass is 16.5. The van der Waals surface area contributed by atoms with Crippen molar-refractivity contribution in [2.75, 3.05) is 31.6 Å². The zero-order chi connectivity index (χ0) is 12.1. The minimum Gasteiger partial charge on any atom is -0.375 e. The van der Waals surface area contributed by atoms with E-state index >= 15 is 0 Å². The third-order valence-corrected chi connectivity index (χ3v) is 2.95. The van der Waals surface area contributed by atoms with Crippen molar-refractivity contribution in [1.82, 2.24) is 15.3 Å². The molecule has 0 saturated carbocycles. The number of aromatic nitrogens is 2. The minimum atomic E-state index is 0.310. The fourth-order valence-corrected chi connectivity index (χ4v) is 1.95. The number of rotatable bonds is 4. The molecule has 1 aromatic rings. The standard InChI is InChI=1S/C12H20N4O/c1-3-11-9-16(4-5-17-11)12-14-7-10(6-13-2)8-15-12/h7-8,11,13H,3-6,9H2,1-2H3. The molecule has 5 nitrogen and oxygen atoms in total. The molecule has 1 aromatic heterocycles. The summed E-state index contributed by atoms with van der Waals surface area (Å²) in [5.41, 5.74) is 1.11. The van der Waals surface area contributed by atoms with Crippen LogP contribution in [0.4, 0.5) is 5.95 Å². The lowest BCUT2D eigenvalue weighted by Gasteiger charge is -2.32. The summed E-state index contributed by atoms with van der Waals surface area (Å²) < 4.78 is 5.63. The van der Waals surface area contributed by atoms with Crippen molar-refractivity contribution in [3.63, 3.8) is 0 Å². The number of anilines is 1. The van der Waals surface area contributed by atoms with Crippen molar-refractivity contribution in [1.29, 1.82) is 0 Å². The third-order valence-electron chi connectivity index (χ3n) is 2.95. The molecule has 1 N–H and O–H groups in total. The Bertz CT molecular complexity index is 341. The van der Waals surface area contributed by atoms with E-state index < -0.39 is 0 Å². The van der Waals surface area contributed by atoms with Crippen LogP contribution in [0.1, 0.15) is 18.9 Å². The number of nitrogens with one attached hydrogen (secondary N) is 1. The first-order valence-electron chi connectivity index (χ1n) is 6.15. The normalized spacial score (nSPS) is 20.6. The number of ether oxygens (including phenoxy) is 1. The van der Waals surface area contributed by atoms with Crippen LogP contribution < -0.4 is 10.2 Å². The largest absolute Gasteiger partial charge is 0.375 e. The van der Waals surface area contributed by atoms with E-state index in [1.165, 1.54) is 0 Å². The Labute approximate surface area is 102 Å². The Morgan fingerprint density at radius 3 is 2.88 bits per heavy atom. The molecule has 0 radical (unpaired) electrons. The van der Waals surface area contributed by atoms with E-state index in [2.05, 4.69) is 27.1 Å². The van der Waals surface area contributed by atoms with E-state index in [0.29, 0.717) is 6.10 Å². The lowest BCUT2D eigenvalue weighted by atomic mass is 10.2. The van der Waals surface area contributed by atoms with Crippen LogP contribution in [0.2, 0.25) is 0 Å². The van der Waals surface area contributed by atoms with Gasteiger partial charge in [-0.05, 0) is 13.5 Å². The summed E-state index contributed by atoms with van der Waals surface area (Å²) in [7, 11) is 1.92. The molecule has 0 aromatic carbocycles. The van der Waals surface area contributed by atoms with Crippen LogP contribution in [0.25, 0.3) is 0 Å². The molecular weight excluding hydrogens is 216 g/mol. The van der Waals surface area contributed by atoms with Crippen LogP contribution in [0, 0.1) is 0 Å². The highest BCUT2D eigenvalue weighted by Gasteiger charge is 2.20. The molecule has 5 heteroatoms. The molecule has 17 heavy (non-hydrogen) atoms. The van der Waals surface area contributed by atoms with Crippen molar-refractivity contribution in [2.45, 2.75) is 26.0 Å². The number of morpholine rings is 1. The van der Waals surface area contributed by atoms with E-state index in [0.717, 1.165) is 44.2 Å². The van der Waals surface area contributed by atoms with Crippen LogP contribution in [0.5, 0.6) is 0 Å². The van der Waals surface area contributed by atoms with Crippen molar-refractivity contribution in [3.8, 4) is 0 Å². The van der Waals surface area contributed by atoms with Gasteiger partial charge in [-0.3, -0.25) is 0 Å². The van der Waals surface area contributed by atoms with Crippen LogP contribution >= 0.6 is 0 Å². The molecule has 0 amide bonds. The minimum absolute atomic E-state index is 0.310. The predicted octanol–water partition coefficient (Wildman–Crippen LogP) is 0.811. The Balaban J connectivity index is 2.01. The van der Waals surface area contributed by atoms with Crippen molar-refractivity contribution in [3.05, 3.63) is 18.0 Å². The van der Waals surface area contributed by atoms with E-state index in [9.17, 15) is 0 Å². The van der Waals surface area contributed by atoms with Crippen LogP contribution in [0.3, 0.4) is 0 Å². The average Bonchev–Trinajstić information content (AvgIpc) is 2.40. The molecule has 0 aliphatic carbocycles. The average molecular weight is 236 g/mol. The van der Waals surface area contributed by atoms with Gasteiger partial charge in [0.15, 0.2) is 0 Å². The van der Waals surface area contributed by atoms with Gasteiger partial charge in [-0.1, -0.05) is 6.92 Å². The van der Waals surface area contributed by atoms with E-state index in [-0.39, 0.29) is 0 Å². The Hall–Kier alpha value is -1.20. The molecule has 2 rings (SSSR count). The van der Waals surface area contributed by atoms with Gasteiger partial charge in [0.25, 0.3) is 0 Å². The predicted molar refractivity (Wildman–Crippen MR) is 67.0 cm³/mol. The summed E-state index contributed by atoms with van der Waals surface area (Å²) in [6, 6.07) is 0. The zero-order valence-corrected chi connectivity index (χ0v) is 10.5. The number of hydrogen-bond acceptors (Lipinski definition) is 5. The van der Waals surface area contributed by atoms with Crippen LogP contribution in [-0.4, -0.2) is 42.8 Å². The SMILES string of the molecule is CCC1CN(c2ncc(CNC)cn2)CCO1. The molecule has 1 aliphatic rings. The smallest absolute Gasteiger partial charge is 0.225 e. The highest BCUT2D eigenvalue weighted by Crippen LogP contribution is 2.14. The first-order chi connectivity index (χ1) is 8.33.